The molecule has 0 bridgehead atoms. The van der Waals surface area contributed by atoms with Gasteiger partial charge in [0.05, 0.1) is 6.61 Å². The van der Waals surface area contributed by atoms with Gasteiger partial charge in [-0.1, -0.05) is 43.6 Å². The monoisotopic (exact) mass is 353 g/mol. The predicted molar refractivity (Wildman–Crippen MR) is 93.2 cm³/mol. The lowest BCUT2D eigenvalue weighted by molar-refractivity contribution is 0.228. The molecule has 2 nitrogen and oxygen atoms in total. The molecule has 118 valence electrons. The molecule has 1 aromatic carbocycles. The maximum Gasteiger partial charge on any atom is 0.125 e. The van der Waals surface area contributed by atoms with Crippen LogP contribution in [0.15, 0.2) is 16.6 Å². The lowest BCUT2D eigenvalue weighted by Crippen LogP contribution is -2.43. The molecule has 0 saturated heterocycles. The molecule has 1 aliphatic heterocycles. The summed E-state index contributed by atoms with van der Waals surface area (Å²) in [7, 11) is 0. The van der Waals surface area contributed by atoms with E-state index in [2.05, 4.69) is 61.1 Å². The molecule has 0 aliphatic carbocycles. The number of halogens is 1. The summed E-state index contributed by atoms with van der Waals surface area (Å²) in [5.74, 6) is 1.13. The van der Waals surface area contributed by atoms with Crippen molar-refractivity contribution in [2.75, 3.05) is 13.2 Å². The highest BCUT2D eigenvalue weighted by atomic mass is 79.9. The highest BCUT2D eigenvalue weighted by Crippen LogP contribution is 2.36. The van der Waals surface area contributed by atoms with E-state index < -0.39 is 0 Å². The van der Waals surface area contributed by atoms with Crippen molar-refractivity contribution in [1.29, 1.82) is 0 Å². The molecule has 0 amide bonds. The molecule has 2 rings (SSSR count). The second kappa shape index (κ2) is 7.15. The highest BCUT2D eigenvalue weighted by molar-refractivity contribution is 9.10. The largest absolute Gasteiger partial charge is 0.493 e. The van der Waals surface area contributed by atoms with Crippen LogP contribution in [0.5, 0.6) is 5.75 Å². The summed E-state index contributed by atoms with van der Waals surface area (Å²) in [5.41, 5.74) is 2.97. The van der Waals surface area contributed by atoms with Crippen molar-refractivity contribution in [2.24, 2.45) is 5.41 Å². The molecule has 1 aliphatic rings. The van der Waals surface area contributed by atoms with Gasteiger partial charge in [-0.05, 0) is 54.5 Å². The summed E-state index contributed by atoms with van der Waals surface area (Å²) in [6.07, 6.45) is 4.41. The van der Waals surface area contributed by atoms with Gasteiger partial charge in [-0.25, -0.2) is 0 Å². The van der Waals surface area contributed by atoms with E-state index in [1.165, 1.54) is 28.4 Å². The molecule has 1 unspecified atom stereocenters. The van der Waals surface area contributed by atoms with Gasteiger partial charge in [0, 0.05) is 16.9 Å². The molecule has 1 heterocycles. The first-order chi connectivity index (χ1) is 9.97. The Morgan fingerprint density at radius 1 is 1.33 bits per heavy atom. The molecule has 0 spiro atoms. The Labute approximate surface area is 137 Å². The van der Waals surface area contributed by atoms with E-state index in [9.17, 15) is 0 Å². The normalized spacial score (nSPS) is 15.7. The van der Waals surface area contributed by atoms with Crippen LogP contribution in [0.3, 0.4) is 0 Å². The first kappa shape index (κ1) is 16.8. The summed E-state index contributed by atoms with van der Waals surface area (Å²) in [4.78, 5) is 0. The zero-order valence-corrected chi connectivity index (χ0v) is 15.3. The van der Waals surface area contributed by atoms with Gasteiger partial charge < -0.3 is 10.1 Å². The average molecular weight is 354 g/mol. The highest BCUT2D eigenvalue weighted by Gasteiger charge is 2.29. The van der Waals surface area contributed by atoms with Gasteiger partial charge in [0.25, 0.3) is 0 Å². The third-order valence-electron chi connectivity index (χ3n) is 4.74. The van der Waals surface area contributed by atoms with Gasteiger partial charge in [-0.2, -0.15) is 0 Å². The van der Waals surface area contributed by atoms with Gasteiger partial charge in [-0.15, -0.1) is 0 Å². The van der Waals surface area contributed by atoms with Gasteiger partial charge >= 0.3 is 0 Å². The van der Waals surface area contributed by atoms with Crippen LogP contribution in [-0.2, 0) is 12.8 Å². The Kier molecular flexibility index (Phi) is 5.73. The summed E-state index contributed by atoms with van der Waals surface area (Å²) in [6.45, 7) is 11.1. The van der Waals surface area contributed by atoms with Crippen molar-refractivity contribution >= 4 is 15.9 Å². The molecular formula is C18H28BrNO. The number of fused-ring (bicyclic) bond motifs is 1. The molecule has 0 aromatic heterocycles. The minimum atomic E-state index is 0.281. The lowest BCUT2D eigenvalue weighted by Gasteiger charge is -2.35. The number of rotatable bonds is 7. The third kappa shape index (κ3) is 4.01. The summed E-state index contributed by atoms with van der Waals surface area (Å²) in [6, 6.07) is 4.91. The van der Waals surface area contributed by atoms with Crippen molar-refractivity contribution in [2.45, 2.75) is 59.4 Å². The van der Waals surface area contributed by atoms with Crippen molar-refractivity contribution < 1.29 is 4.74 Å². The van der Waals surface area contributed by atoms with Crippen LogP contribution < -0.4 is 10.1 Å². The fourth-order valence-electron chi connectivity index (χ4n) is 2.91. The maximum absolute atomic E-state index is 5.89. The molecule has 21 heavy (non-hydrogen) atoms. The molecular weight excluding hydrogens is 326 g/mol. The lowest BCUT2D eigenvalue weighted by atomic mass is 9.78. The zero-order chi connectivity index (χ0) is 15.5. The predicted octanol–water partition coefficient (Wildman–Crippen LogP) is 4.73. The van der Waals surface area contributed by atoms with Gasteiger partial charge in [0.1, 0.15) is 5.75 Å². The quantitative estimate of drug-likeness (QED) is 0.764. The molecule has 0 fully saturated rings. The Morgan fingerprint density at radius 3 is 2.76 bits per heavy atom. The standard InChI is InChI=1S/C18H28BrNO/c1-5-8-20-16(18(3,4)6-2)12-14-11-15(19)10-13-7-9-21-17(13)14/h10-11,16,20H,5-9,12H2,1-4H3. The topological polar surface area (TPSA) is 21.3 Å². The van der Waals surface area contributed by atoms with E-state index in [0.29, 0.717) is 6.04 Å². The van der Waals surface area contributed by atoms with Crippen molar-refractivity contribution in [1.82, 2.24) is 5.32 Å². The molecule has 3 heteroatoms. The minimum absolute atomic E-state index is 0.281. The summed E-state index contributed by atoms with van der Waals surface area (Å²) in [5, 5.41) is 3.75. The Hall–Kier alpha value is -0.540. The smallest absolute Gasteiger partial charge is 0.125 e. The van der Waals surface area contributed by atoms with E-state index >= 15 is 0 Å². The van der Waals surface area contributed by atoms with E-state index in [1.54, 1.807) is 0 Å². The van der Waals surface area contributed by atoms with Crippen LogP contribution in [0.1, 0.15) is 51.7 Å². The Bertz CT molecular complexity index is 484. The van der Waals surface area contributed by atoms with E-state index in [0.717, 1.165) is 31.7 Å². The summed E-state index contributed by atoms with van der Waals surface area (Å²) < 4.78 is 7.06. The molecule has 0 radical (unpaired) electrons. The second-order valence-corrected chi connectivity index (χ2v) is 7.62. The minimum Gasteiger partial charge on any atom is -0.493 e. The number of nitrogens with one attached hydrogen (secondary N) is 1. The van der Waals surface area contributed by atoms with E-state index in [1.807, 2.05) is 0 Å². The SMILES string of the molecule is CCCNC(Cc1cc(Br)cc2c1OCC2)C(C)(C)CC. The number of benzene rings is 1. The van der Waals surface area contributed by atoms with Crippen LogP contribution in [-0.4, -0.2) is 19.2 Å². The fourth-order valence-corrected chi connectivity index (χ4v) is 3.46. The number of hydrogen-bond donors (Lipinski definition) is 1. The first-order valence-electron chi connectivity index (χ1n) is 8.15. The van der Waals surface area contributed by atoms with Crippen molar-refractivity contribution in [3.63, 3.8) is 0 Å². The first-order valence-corrected chi connectivity index (χ1v) is 8.94. The van der Waals surface area contributed by atoms with Crippen LogP contribution in [0.25, 0.3) is 0 Å². The summed E-state index contributed by atoms with van der Waals surface area (Å²) >= 11 is 3.65. The number of ether oxygens (including phenoxy) is 1. The Balaban J connectivity index is 2.24. The molecule has 1 atom stereocenters. The van der Waals surface area contributed by atoms with Gasteiger partial charge in [-0.3, -0.25) is 0 Å². The van der Waals surface area contributed by atoms with Gasteiger partial charge in [0.15, 0.2) is 0 Å². The fraction of sp³-hybridized carbons (Fsp3) is 0.667. The van der Waals surface area contributed by atoms with E-state index in [4.69, 9.17) is 4.74 Å². The maximum atomic E-state index is 5.89. The third-order valence-corrected chi connectivity index (χ3v) is 5.20. The molecule has 1 N–H and O–H groups in total. The second-order valence-electron chi connectivity index (χ2n) is 6.70. The van der Waals surface area contributed by atoms with Crippen molar-refractivity contribution in [3.05, 3.63) is 27.7 Å². The van der Waals surface area contributed by atoms with Crippen LogP contribution in [0.4, 0.5) is 0 Å². The van der Waals surface area contributed by atoms with Gasteiger partial charge in [0.2, 0.25) is 0 Å². The Morgan fingerprint density at radius 2 is 2.10 bits per heavy atom. The number of hydrogen-bond acceptors (Lipinski definition) is 2. The average Bonchev–Trinajstić information content (AvgIpc) is 2.91. The zero-order valence-electron chi connectivity index (χ0n) is 13.8. The molecule has 0 saturated carbocycles. The van der Waals surface area contributed by atoms with Crippen molar-refractivity contribution in [3.8, 4) is 5.75 Å². The van der Waals surface area contributed by atoms with Crippen LogP contribution >= 0.6 is 15.9 Å². The van der Waals surface area contributed by atoms with Crippen LogP contribution in [0.2, 0.25) is 0 Å². The van der Waals surface area contributed by atoms with E-state index in [-0.39, 0.29) is 5.41 Å². The van der Waals surface area contributed by atoms with Crippen LogP contribution in [0, 0.1) is 5.41 Å². The molecule has 1 aromatic rings.